The molecular formula is C12H18BrClN2O3S. The molecule has 0 saturated carbocycles. The Kier molecular flexibility index (Phi) is 7.25. The number of nitrogens with two attached hydrogens (primary N) is 1. The van der Waals surface area contributed by atoms with Crippen molar-refractivity contribution in [2.45, 2.75) is 30.6 Å². The van der Waals surface area contributed by atoms with Crippen LogP contribution in [0.4, 0.5) is 5.69 Å². The Morgan fingerprint density at radius 2 is 1.90 bits per heavy atom. The molecule has 1 rings (SSSR count). The summed E-state index contributed by atoms with van der Waals surface area (Å²) in [6.45, 7) is 0.507. The average molecular weight is 386 g/mol. The molecule has 0 unspecified atom stereocenters. The highest BCUT2D eigenvalue weighted by atomic mass is 79.9. The average Bonchev–Trinajstić information content (AvgIpc) is 2.37. The van der Waals surface area contributed by atoms with Crippen molar-refractivity contribution in [1.82, 2.24) is 4.72 Å². The normalized spacial score (nSPS) is 11.8. The van der Waals surface area contributed by atoms with Gasteiger partial charge in [0.25, 0.3) is 0 Å². The summed E-state index contributed by atoms with van der Waals surface area (Å²) in [5.41, 5.74) is 5.96. The Morgan fingerprint density at radius 3 is 2.55 bits per heavy atom. The van der Waals surface area contributed by atoms with Crippen molar-refractivity contribution >= 4 is 43.2 Å². The predicted molar refractivity (Wildman–Crippen MR) is 84.3 cm³/mol. The van der Waals surface area contributed by atoms with Gasteiger partial charge in [0.2, 0.25) is 10.0 Å². The number of aliphatic hydroxyl groups excluding tert-OH is 1. The predicted octanol–water partition coefficient (Wildman–Crippen LogP) is 2.52. The second kappa shape index (κ2) is 8.19. The van der Waals surface area contributed by atoms with Gasteiger partial charge in [-0.1, -0.05) is 24.4 Å². The molecule has 0 spiro atoms. The van der Waals surface area contributed by atoms with Crippen molar-refractivity contribution < 1.29 is 13.5 Å². The van der Waals surface area contributed by atoms with Gasteiger partial charge < -0.3 is 10.8 Å². The fraction of sp³-hybridized carbons (Fsp3) is 0.500. The van der Waals surface area contributed by atoms with E-state index >= 15 is 0 Å². The molecule has 4 N–H and O–H groups in total. The highest BCUT2D eigenvalue weighted by Gasteiger charge is 2.19. The van der Waals surface area contributed by atoms with Gasteiger partial charge in [-0.3, -0.25) is 0 Å². The van der Waals surface area contributed by atoms with E-state index in [0.717, 1.165) is 19.3 Å². The van der Waals surface area contributed by atoms with Gasteiger partial charge in [0.1, 0.15) is 0 Å². The maximum atomic E-state index is 12.2. The zero-order valence-corrected chi connectivity index (χ0v) is 14.1. The SMILES string of the molecule is Nc1cc(Cl)cc(S(=O)(=O)NCCCCCCO)c1Br. The van der Waals surface area contributed by atoms with Crippen molar-refractivity contribution in [2.24, 2.45) is 0 Å². The minimum Gasteiger partial charge on any atom is -0.398 e. The van der Waals surface area contributed by atoms with Gasteiger partial charge >= 0.3 is 0 Å². The zero-order valence-electron chi connectivity index (χ0n) is 10.9. The van der Waals surface area contributed by atoms with E-state index in [1.54, 1.807) is 0 Å². The Hall–Kier alpha value is -0.340. The molecule has 0 heterocycles. The third-order valence-electron chi connectivity index (χ3n) is 2.70. The molecule has 0 amide bonds. The highest BCUT2D eigenvalue weighted by molar-refractivity contribution is 9.10. The molecule has 0 aliphatic rings. The summed E-state index contributed by atoms with van der Waals surface area (Å²) in [4.78, 5) is 0.0397. The molecule has 0 radical (unpaired) electrons. The van der Waals surface area contributed by atoms with E-state index in [1.165, 1.54) is 12.1 Å². The van der Waals surface area contributed by atoms with Crippen LogP contribution in [0, 0.1) is 0 Å². The van der Waals surface area contributed by atoms with Crippen molar-refractivity contribution in [2.75, 3.05) is 18.9 Å². The van der Waals surface area contributed by atoms with Gasteiger partial charge in [-0.25, -0.2) is 13.1 Å². The molecule has 0 fully saturated rings. The van der Waals surface area contributed by atoms with Gasteiger partial charge in [-0.2, -0.15) is 0 Å². The molecule has 0 aromatic heterocycles. The summed E-state index contributed by atoms with van der Waals surface area (Å²) < 4.78 is 27.1. The number of unbranched alkanes of at least 4 members (excludes halogenated alkanes) is 3. The second-order valence-corrected chi connectivity index (χ2v) is 7.31. The monoisotopic (exact) mass is 384 g/mol. The van der Waals surface area contributed by atoms with Gasteiger partial charge in [0.05, 0.1) is 9.37 Å². The number of nitrogens with one attached hydrogen (secondary N) is 1. The molecule has 0 bridgehead atoms. The summed E-state index contributed by atoms with van der Waals surface area (Å²) in [5, 5.41) is 8.91. The summed E-state index contributed by atoms with van der Waals surface area (Å²) in [5.74, 6) is 0. The lowest BCUT2D eigenvalue weighted by molar-refractivity contribution is 0.282. The summed E-state index contributed by atoms with van der Waals surface area (Å²) >= 11 is 8.99. The number of halogens is 2. The minimum atomic E-state index is -3.64. The van der Waals surface area contributed by atoms with Crippen LogP contribution in [-0.2, 0) is 10.0 Å². The standard InChI is InChI=1S/C12H18BrClN2O3S/c13-12-10(15)7-9(14)8-11(12)20(18,19)16-5-3-1-2-4-6-17/h7-8,16-17H,1-6,15H2. The van der Waals surface area contributed by atoms with Crippen molar-refractivity contribution in [3.63, 3.8) is 0 Å². The van der Waals surface area contributed by atoms with Crippen molar-refractivity contribution in [3.05, 3.63) is 21.6 Å². The van der Waals surface area contributed by atoms with Crippen LogP contribution < -0.4 is 10.5 Å². The number of hydrogen-bond donors (Lipinski definition) is 3. The van der Waals surface area contributed by atoms with Crippen LogP contribution >= 0.6 is 27.5 Å². The lowest BCUT2D eigenvalue weighted by atomic mass is 10.2. The van der Waals surface area contributed by atoms with Gasteiger partial charge in [0, 0.05) is 23.9 Å². The van der Waals surface area contributed by atoms with Crippen LogP contribution in [0.25, 0.3) is 0 Å². The van der Waals surface area contributed by atoms with E-state index in [0.29, 0.717) is 17.4 Å². The molecule has 0 atom stereocenters. The third-order valence-corrected chi connectivity index (χ3v) is 5.55. The third kappa shape index (κ3) is 5.21. The van der Waals surface area contributed by atoms with Gasteiger partial charge in [-0.05, 0) is 40.9 Å². The van der Waals surface area contributed by atoms with Crippen LogP contribution in [0.1, 0.15) is 25.7 Å². The zero-order chi connectivity index (χ0) is 15.2. The lowest BCUT2D eigenvalue weighted by Crippen LogP contribution is -2.25. The number of aliphatic hydroxyl groups is 1. The number of nitrogen functional groups attached to an aromatic ring is 1. The smallest absolute Gasteiger partial charge is 0.241 e. The Labute approximate surface area is 132 Å². The summed E-state index contributed by atoms with van der Waals surface area (Å²) in [7, 11) is -3.64. The van der Waals surface area contributed by atoms with E-state index in [-0.39, 0.29) is 22.2 Å². The second-order valence-electron chi connectivity index (χ2n) is 4.34. The molecule has 0 saturated heterocycles. The molecule has 0 aliphatic carbocycles. The molecule has 1 aromatic rings. The van der Waals surface area contributed by atoms with E-state index < -0.39 is 10.0 Å². The fourth-order valence-electron chi connectivity index (χ4n) is 1.65. The van der Waals surface area contributed by atoms with Crippen LogP contribution in [0.2, 0.25) is 5.02 Å². The molecule has 114 valence electrons. The first-order valence-electron chi connectivity index (χ1n) is 6.23. The molecule has 8 heteroatoms. The number of rotatable bonds is 8. The van der Waals surface area contributed by atoms with Gasteiger partial charge in [0.15, 0.2) is 0 Å². The lowest BCUT2D eigenvalue weighted by Gasteiger charge is -2.10. The Bertz CT molecular complexity index is 552. The minimum absolute atomic E-state index is 0.0397. The van der Waals surface area contributed by atoms with E-state index in [1.807, 2.05) is 0 Å². The first kappa shape index (κ1) is 17.7. The van der Waals surface area contributed by atoms with Crippen LogP contribution in [0.15, 0.2) is 21.5 Å². The van der Waals surface area contributed by atoms with Crippen LogP contribution in [-0.4, -0.2) is 26.7 Å². The molecule has 0 aliphatic heterocycles. The number of benzene rings is 1. The first-order chi connectivity index (χ1) is 9.38. The number of anilines is 1. The van der Waals surface area contributed by atoms with Gasteiger partial charge in [-0.15, -0.1) is 0 Å². The van der Waals surface area contributed by atoms with Crippen molar-refractivity contribution in [1.29, 1.82) is 0 Å². The molecule has 5 nitrogen and oxygen atoms in total. The fourth-order valence-corrected chi connectivity index (χ4v) is 4.02. The Morgan fingerprint density at radius 1 is 1.25 bits per heavy atom. The molecule has 20 heavy (non-hydrogen) atoms. The maximum absolute atomic E-state index is 12.2. The van der Waals surface area contributed by atoms with E-state index in [2.05, 4.69) is 20.7 Å². The number of hydrogen-bond acceptors (Lipinski definition) is 4. The first-order valence-corrected chi connectivity index (χ1v) is 8.89. The van der Waals surface area contributed by atoms with Crippen LogP contribution in [0.5, 0.6) is 0 Å². The maximum Gasteiger partial charge on any atom is 0.241 e. The van der Waals surface area contributed by atoms with Crippen molar-refractivity contribution in [3.8, 4) is 0 Å². The quantitative estimate of drug-likeness (QED) is 0.473. The summed E-state index contributed by atoms with van der Waals surface area (Å²) in [6.07, 6.45) is 3.20. The number of sulfonamides is 1. The molecular weight excluding hydrogens is 368 g/mol. The Balaban J connectivity index is 2.65. The molecule has 1 aromatic carbocycles. The van der Waals surface area contributed by atoms with Crippen LogP contribution in [0.3, 0.4) is 0 Å². The topological polar surface area (TPSA) is 92.4 Å². The largest absolute Gasteiger partial charge is 0.398 e. The van der Waals surface area contributed by atoms with E-state index in [9.17, 15) is 8.42 Å². The highest BCUT2D eigenvalue weighted by Crippen LogP contribution is 2.31. The van der Waals surface area contributed by atoms with E-state index in [4.69, 9.17) is 22.4 Å². The summed E-state index contributed by atoms with van der Waals surface area (Å²) in [6, 6.07) is 2.84.